The maximum Gasteiger partial charge on any atom is 0.251 e. The lowest BCUT2D eigenvalue weighted by Crippen LogP contribution is -2.44. The quantitative estimate of drug-likeness (QED) is 0.840. The van der Waals surface area contributed by atoms with Crippen molar-refractivity contribution in [1.82, 2.24) is 10.2 Å². The molecule has 0 spiro atoms. The fourth-order valence-corrected chi connectivity index (χ4v) is 4.14. The molecular weight excluding hydrogens is 352 g/mol. The molecular formula is C22H26N4O2. The summed E-state index contributed by atoms with van der Waals surface area (Å²) in [5.41, 5.74) is 3.45. The molecule has 146 valence electrons. The third-order valence-corrected chi connectivity index (χ3v) is 5.65. The van der Waals surface area contributed by atoms with E-state index >= 15 is 0 Å². The minimum absolute atomic E-state index is 0.0271. The summed E-state index contributed by atoms with van der Waals surface area (Å²) < 4.78 is 0. The van der Waals surface area contributed by atoms with Crippen molar-refractivity contribution < 1.29 is 9.59 Å². The van der Waals surface area contributed by atoms with E-state index in [9.17, 15) is 9.59 Å². The summed E-state index contributed by atoms with van der Waals surface area (Å²) >= 11 is 0. The average Bonchev–Trinajstić information content (AvgIpc) is 3.19. The average molecular weight is 378 g/mol. The molecule has 1 fully saturated rings. The van der Waals surface area contributed by atoms with Crippen LogP contribution in [0.3, 0.4) is 0 Å². The van der Waals surface area contributed by atoms with Gasteiger partial charge in [0.2, 0.25) is 5.91 Å². The standard InChI is InChI=1S/C22H26N4O2/c1-25(2)20(15-7-4-3-5-8-15)14-23-21(27)16-10-11-18-17(13-16)24-22(28)19-9-6-12-26(18)19/h3-5,7-8,10-11,13,19-20H,6,9,12,14H2,1-2H3,(H,23,27)(H,24,28)/t19-,20-/m0/s1. The fourth-order valence-electron chi connectivity index (χ4n) is 4.14. The first kappa shape index (κ1) is 18.5. The van der Waals surface area contributed by atoms with Gasteiger partial charge in [0.05, 0.1) is 17.4 Å². The molecule has 2 aromatic rings. The number of carbonyl (C=O) groups is 2. The molecule has 2 N–H and O–H groups in total. The summed E-state index contributed by atoms with van der Waals surface area (Å²) in [6, 6.07) is 15.7. The van der Waals surface area contributed by atoms with Crippen LogP contribution < -0.4 is 15.5 Å². The Hall–Kier alpha value is -2.86. The van der Waals surface area contributed by atoms with Gasteiger partial charge in [-0.1, -0.05) is 30.3 Å². The molecule has 0 aliphatic carbocycles. The van der Waals surface area contributed by atoms with Gasteiger partial charge >= 0.3 is 0 Å². The Morgan fingerprint density at radius 3 is 2.79 bits per heavy atom. The van der Waals surface area contributed by atoms with E-state index in [0.29, 0.717) is 12.1 Å². The minimum atomic E-state index is -0.136. The number of nitrogens with one attached hydrogen (secondary N) is 2. The Morgan fingerprint density at radius 2 is 2.04 bits per heavy atom. The summed E-state index contributed by atoms with van der Waals surface area (Å²) in [5, 5.41) is 6.00. The monoisotopic (exact) mass is 378 g/mol. The van der Waals surface area contributed by atoms with Gasteiger partial charge in [0, 0.05) is 18.7 Å². The molecule has 2 heterocycles. The molecule has 2 aliphatic rings. The van der Waals surface area contributed by atoms with E-state index in [0.717, 1.165) is 36.3 Å². The van der Waals surface area contributed by atoms with Crippen LogP contribution in [0.5, 0.6) is 0 Å². The summed E-state index contributed by atoms with van der Waals surface area (Å²) in [6.07, 6.45) is 1.91. The highest BCUT2D eigenvalue weighted by molar-refractivity contribution is 6.06. The molecule has 0 bridgehead atoms. The van der Waals surface area contributed by atoms with Gasteiger partial charge in [0.1, 0.15) is 6.04 Å². The van der Waals surface area contributed by atoms with Gasteiger partial charge in [-0.2, -0.15) is 0 Å². The van der Waals surface area contributed by atoms with Crippen LogP contribution in [-0.4, -0.2) is 49.9 Å². The third kappa shape index (κ3) is 3.47. The number of amides is 2. The summed E-state index contributed by atoms with van der Waals surface area (Å²) in [6.45, 7) is 1.39. The maximum atomic E-state index is 12.7. The number of likely N-dealkylation sites (N-methyl/N-ethyl adjacent to an activating group) is 1. The molecule has 1 saturated heterocycles. The normalized spacial score (nSPS) is 19.0. The van der Waals surface area contributed by atoms with E-state index in [1.165, 1.54) is 0 Å². The van der Waals surface area contributed by atoms with Crippen molar-refractivity contribution in [3.8, 4) is 0 Å². The first-order chi connectivity index (χ1) is 13.5. The number of benzene rings is 2. The molecule has 4 rings (SSSR count). The highest BCUT2D eigenvalue weighted by atomic mass is 16.2. The van der Waals surface area contributed by atoms with Crippen molar-refractivity contribution >= 4 is 23.2 Å². The molecule has 0 aromatic heterocycles. The van der Waals surface area contributed by atoms with Crippen molar-refractivity contribution in [3.63, 3.8) is 0 Å². The highest BCUT2D eigenvalue weighted by Gasteiger charge is 2.36. The fraction of sp³-hybridized carbons (Fsp3) is 0.364. The number of hydrogen-bond acceptors (Lipinski definition) is 4. The number of anilines is 2. The largest absolute Gasteiger partial charge is 0.358 e. The molecule has 0 radical (unpaired) electrons. The van der Waals surface area contributed by atoms with Crippen molar-refractivity contribution in [2.24, 2.45) is 0 Å². The first-order valence-electron chi connectivity index (χ1n) is 9.76. The third-order valence-electron chi connectivity index (χ3n) is 5.65. The molecule has 2 atom stereocenters. The molecule has 6 heteroatoms. The molecule has 6 nitrogen and oxygen atoms in total. The van der Waals surface area contributed by atoms with Gasteiger partial charge in [0.15, 0.2) is 0 Å². The van der Waals surface area contributed by atoms with Crippen molar-refractivity contribution in [1.29, 1.82) is 0 Å². The number of hydrogen-bond donors (Lipinski definition) is 2. The molecule has 28 heavy (non-hydrogen) atoms. The number of rotatable bonds is 5. The van der Waals surface area contributed by atoms with Crippen LogP contribution in [0.4, 0.5) is 11.4 Å². The second kappa shape index (κ2) is 7.64. The highest BCUT2D eigenvalue weighted by Crippen LogP contribution is 2.37. The zero-order chi connectivity index (χ0) is 19.7. The minimum Gasteiger partial charge on any atom is -0.358 e. The Balaban J connectivity index is 1.48. The lowest BCUT2D eigenvalue weighted by molar-refractivity contribution is -0.117. The van der Waals surface area contributed by atoms with E-state index in [2.05, 4.69) is 32.6 Å². The van der Waals surface area contributed by atoms with Crippen molar-refractivity contribution in [2.45, 2.75) is 24.9 Å². The molecule has 2 aromatic carbocycles. The second-order valence-corrected chi connectivity index (χ2v) is 7.67. The smallest absolute Gasteiger partial charge is 0.251 e. The zero-order valence-corrected chi connectivity index (χ0v) is 16.3. The van der Waals surface area contributed by atoms with Gasteiger partial charge in [-0.3, -0.25) is 9.59 Å². The topological polar surface area (TPSA) is 64.7 Å². The Bertz CT molecular complexity index is 881. The summed E-state index contributed by atoms with van der Waals surface area (Å²) in [4.78, 5) is 29.3. The van der Waals surface area contributed by atoms with Crippen LogP contribution in [0.2, 0.25) is 0 Å². The van der Waals surface area contributed by atoms with Crippen molar-refractivity contribution in [2.75, 3.05) is 37.4 Å². The van der Waals surface area contributed by atoms with E-state index in [1.807, 2.05) is 44.4 Å². The summed E-state index contributed by atoms with van der Waals surface area (Å²) in [5.74, 6) is -0.109. The van der Waals surface area contributed by atoms with Crippen molar-refractivity contribution in [3.05, 3.63) is 59.7 Å². The van der Waals surface area contributed by atoms with Crippen LogP contribution in [0, 0.1) is 0 Å². The second-order valence-electron chi connectivity index (χ2n) is 7.67. The van der Waals surface area contributed by atoms with Gasteiger partial charge in [-0.05, 0) is 50.7 Å². The van der Waals surface area contributed by atoms with Crippen LogP contribution in [0.15, 0.2) is 48.5 Å². The Kier molecular flexibility index (Phi) is 5.05. The lowest BCUT2D eigenvalue weighted by Gasteiger charge is -2.33. The van der Waals surface area contributed by atoms with Crippen LogP contribution in [-0.2, 0) is 4.79 Å². The number of fused-ring (bicyclic) bond motifs is 3. The zero-order valence-electron chi connectivity index (χ0n) is 16.3. The van der Waals surface area contributed by atoms with E-state index in [-0.39, 0.29) is 23.9 Å². The molecule has 2 amide bonds. The maximum absolute atomic E-state index is 12.7. The van der Waals surface area contributed by atoms with E-state index < -0.39 is 0 Å². The van der Waals surface area contributed by atoms with Gasteiger partial charge in [-0.25, -0.2) is 0 Å². The van der Waals surface area contributed by atoms with Gasteiger partial charge in [-0.15, -0.1) is 0 Å². The van der Waals surface area contributed by atoms with E-state index in [1.54, 1.807) is 6.07 Å². The van der Waals surface area contributed by atoms with Crippen LogP contribution in [0.1, 0.15) is 34.8 Å². The number of nitrogens with zero attached hydrogens (tertiary/aromatic N) is 2. The Labute approximate surface area is 165 Å². The van der Waals surface area contributed by atoms with Crippen LogP contribution >= 0.6 is 0 Å². The van der Waals surface area contributed by atoms with E-state index in [4.69, 9.17) is 0 Å². The molecule has 2 aliphatic heterocycles. The molecule has 0 unspecified atom stereocenters. The molecule has 0 saturated carbocycles. The van der Waals surface area contributed by atoms with Gasteiger partial charge in [0.25, 0.3) is 5.91 Å². The van der Waals surface area contributed by atoms with Gasteiger partial charge < -0.3 is 20.4 Å². The lowest BCUT2D eigenvalue weighted by atomic mass is 10.0. The number of carbonyl (C=O) groups excluding carboxylic acids is 2. The summed E-state index contributed by atoms with van der Waals surface area (Å²) in [7, 11) is 4.01. The SMILES string of the molecule is CN(C)[C@@H](CNC(=O)c1ccc2c(c1)NC(=O)[C@@H]1CCCN21)c1ccccc1. The van der Waals surface area contributed by atoms with Crippen LogP contribution in [0.25, 0.3) is 0 Å². The Morgan fingerprint density at radius 1 is 1.25 bits per heavy atom. The predicted molar refractivity (Wildman–Crippen MR) is 111 cm³/mol. The predicted octanol–water partition coefficient (Wildman–Crippen LogP) is 2.64. The first-order valence-corrected chi connectivity index (χ1v) is 9.76.